The van der Waals surface area contributed by atoms with Crippen molar-refractivity contribution >= 4 is 23.5 Å². The van der Waals surface area contributed by atoms with E-state index in [9.17, 15) is 19.2 Å². The van der Waals surface area contributed by atoms with Crippen LogP contribution in [0.25, 0.3) is 0 Å². The van der Waals surface area contributed by atoms with Gasteiger partial charge in [-0.3, -0.25) is 24.1 Å². The molecule has 43 heavy (non-hydrogen) atoms. The number of morpholine rings is 1. The SMILES string of the molecule is COc1ccc(C[C@H](NC(=O)[C@H](C)NC(=O)CN2CCOCC2)C(=O)N[C@@H](Cc2ccc(CN)cc2)C(=O)[C@H]2CO2)cc1. The Morgan fingerprint density at radius 2 is 1.44 bits per heavy atom. The molecule has 2 aliphatic heterocycles. The third-order valence-electron chi connectivity index (χ3n) is 7.48. The van der Waals surface area contributed by atoms with Gasteiger partial charge in [-0.15, -0.1) is 0 Å². The van der Waals surface area contributed by atoms with Crippen molar-refractivity contribution in [3.05, 3.63) is 65.2 Å². The van der Waals surface area contributed by atoms with Crippen molar-refractivity contribution in [3.8, 4) is 5.75 Å². The topological polar surface area (TPSA) is 165 Å². The number of hydrogen-bond acceptors (Lipinski definition) is 9. The lowest BCUT2D eigenvalue weighted by Gasteiger charge is -2.27. The van der Waals surface area contributed by atoms with E-state index in [0.717, 1.165) is 16.7 Å². The van der Waals surface area contributed by atoms with E-state index in [0.29, 0.717) is 45.2 Å². The first-order chi connectivity index (χ1) is 20.7. The van der Waals surface area contributed by atoms with Gasteiger partial charge in [0.1, 0.15) is 23.9 Å². The zero-order chi connectivity index (χ0) is 30.8. The van der Waals surface area contributed by atoms with Crippen molar-refractivity contribution in [2.45, 2.75) is 50.5 Å². The molecular weight excluding hydrogens is 554 g/mol. The Morgan fingerprint density at radius 1 is 0.884 bits per heavy atom. The van der Waals surface area contributed by atoms with Gasteiger partial charge in [0.05, 0.1) is 39.5 Å². The summed E-state index contributed by atoms with van der Waals surface area (Å²) < 4.78 is 15.8. The van der Waals surface area contributed by atoms with Gasteiger partial charge in [0, 0.05) is 26.1 Å². The van der Waals surface area contributed by atoms with Crippen LogP contribution in [0.3, 0.4) is 0 Å². The minimum Gasteiger partial charge on any atom is -0.497 e. The molecule has 12 nitrogen and oxygen atoms in total. The Morgan fingerprint density at radius 3 is 2.02 bits per heavy atom. The lowest BCUT2D eigenvalue weighted by molar-refractivity contribution is -0.133. The van der Waals surface area contributed by atoms with Crippen LogP contribution >= 0.6 is 0 Å². The molecular formula is C31H41N5O7. The van der Waals surface area contributed by atoms with Gasteiger partial charge >= 0.3 is 0 Å². The number of carbonyl (C=O) groups is 4. The summed E-state index contributed by atoms with van der Waals surface area (Å²) in [5.41, 5.74) is 8.28. The van der Waals surface area contributed by atoms with Gasteiger partial charge in [0.2, 0.25) is 17.7 Å². The van der Waals surface area contributed by atoms with Gasteiger partial charge in [-0.1, -0.05) is 36.4 Å². The Labute approximate surface area is 251 Å². The molecule has 232 valence electrons. The van der Waals surface area contributed by atoms with E-state index in [1.54, 1.807) is 38.3 Å². The normalized spacial score (nSPS) is 18.5. The first-order valence-corrected chi connectivity index (χ1v) is 14.5. The third kappa shape index (κ3) is 9.85. The molecule has 2 aromatic rings. The van der Waals surface area contributed by atoms with Gasteiger partial charge < -0.3 is 35.9 Å². The van der Waals surface area contributed by atoms with Gasteiger partial charge in [-0.2, -0.15) is 0 Å². The van der Waals surface area contributed by atoms with Crippen molar-refractivity contribution in [3.63, 3.8) is 0 Å². The van der Waals surface area contributed by atoms with Gasteiger partial charge in [-0.25, -0.2) is 0 Å². The summed E-state index contributed by atoms with van der Waals surface area (Å²) in [6.45, 7) is 4.82. The number of nitrogens with zero attached hydrogens (tertiary/aromatic N) is 1. The summed E-state index contributed by atoms with van der Waals surface area (Å²) in [4.78, 5) is 54.6. The highest BCUT2D eigenvalue weighted by Crippen LogP contribution is 2.17. The molecule has 0 radical (unpaired) electrons. The monoisotopic (exact) mass is 595 g/mol. The van der Waals surface area contributed by atoms with E-state index < -0.39 is 36.0 Å². The maximum absolute atomic E-state index is 13.7. The molecule has 5 N–H and O–H groups in total. The van der Waals surface area contributed by atoms with Gasteiger partial charge in [0.15, 0.2) is 5.78 Å². The minimum absolute atomic E-state index is 0.149. The van der Waals surface area contributed by atoms with Gasteiger partial charge in [0.25, 0.3) is 0 Å². The lowest BCUT2D eigenvalue weighted by Crippen LogP contribution is -2.57. The van der Waals surface area contributed by atoms with Crippen molar-refractivity contribution in [1.29, 1.82) is 0 Å². The molecule has 2 aliphatic rings. The predicted octanol–water partition coefficient (Wildman–Crippen LogP) is -0.286. The van der Waals surface area contributed by atoms with Crippen molar-refractivity contribution < 1.29 is 33.4 Å². The Hall–Kier alpha value is -3.84. The zero-order valence-corrected chi connectivity index (χ0v) is 24.7. The summed E-state index contributed by atoms with van der Waals surface area (Å²) in [6, 6.07) is 11.9. The number of ketones is 1. The van der Waals surface area contributed by atoms with E-state index in [4.69, 9.17) is 19.9 Å². The highest BCUT2D eigenvalue weighted by Gasteiger charge is 2.38. The number of ether oxygens (including phenoxy) is 3. The molecule has 0 aromatic heterocycles. The van der Waals surface area contributed by atoms with Crippen LogP contribution in [0.5, 0.6) is 5.75 Å². The fourth-order valence-corrected chi connectivity index (χ4v) is 4.80. The maximum atomic E-state index is 13.7. The number of benzene rings is 2. The molecule has 3 amide bonds. The zero-order valence-electron chi connectivity index (χ0n) is 24.7. The standard InChI is InChI=1S/C31H41N5O7/c1-20(33-28(37)18-36-11-13-42-14-12-36)30(39)35-26(16-22-7-9-24(41-2)10-8-22)31(40)34-25(29(38)27-19-43-27)15-21-3-5-23(17-32)6-4-21/h3-10,20,25-27H,11-19,32H2,1-2H3,(H,33,37)(H,34,40)(H,35,39)/t20-,25-,26-,27+/m0/s1. The van der Waals surface area contributed by atoms with Crippen LogP contribution in [0.1, 0.15) is 23.6 Å². The first kappa shape index (κ1) is 32.1. The average molecular weight is 596 g/mol. The molecule has 0 unspecified atom stereocenters. The number of nitrogens with one attached hydrogen (secondary N) is 3. The molecule has 4 atom stereocenters. The van der Waals surface area contributed by atoms with E-state index in [1.807, 2.05) is 29.2 Å². The Bertz CT molecular complexity index is 1240. The third-order valence-corrected chi connectivity index (χ3v) is 7.48. The minimum atomic E-state index is -1.02. The van der Waals surface area contributed by atoms with Gasteiger partial charge in [-0.05, 0) is 42.2 Å². The smallest absolute Gasteiger partial charge is 0.243 e. The van der Waals surface area contributed by atoms with Crippen LogP contribution < -0.4 is 26.4 Å². The number of rotatable bonds is 15. The highest BCUT2D eigenvalue weighted by atomic mass is 16.6. The molecule has 12 heteroatoms. The Kier molecular flexibility index (Phi) is 11.6. The fourth-order valence-electron chi connectivity index (χ4n) is 4.80. The summed E-state index contributed by atoms with van der Waals surface area (Å²) in [5, 5.41) is 8.36. The first-order valence-electron chi connectivity index (χ1n) is 14.5. The Balaban J connectivity index is 1.45. The van der Waals surface area contributed by atoms with Crippen LogP contribution in [0.2, 0.25) is 0 Å². The van der Waals surface area contributed by atoms with Crippen molar-refractivity contribution in [2.24, 2.45) is 5.73 Å². The largest absolute Gasteiger partial charge is 0.497 e. The summed E-state index contributed by atoms with van der Waals surface area (Å²) in [6.07, 6.45) is -0.154. The molecule has 2 saturated heterocycles. The molecule has 2 heterocycles. The molecule has 2 aromatic carbocycles. The van der Waals surface area contributed by atoms with Crippen LogP contribution in [0.15, 0.2) is 48.5 Å². The van der Waals surface area contributed by atoms with E-state index in [-0.39, 0.29) is 31.1 Å². The molecule has 4 rings (SSSR count). The van der Waals surface area contributed by atoms with Crippen LogP contribution in [0.4, 0.5) is 0 Å². The van der Waals surface area contributed by atoms with Crippen LogP contribution in [0, 0.1) is 0 Å². The summed E-state index contributed by atoms with van der Waals surface area (Å²) >= 11 is 0. The predicted molar refractivity (Wildman–Crippen MR) is 158 cm³/mol. The summed E-state index contributed by atoms with van der Waals surface area (Å²) in [7, 11) is 1.56. The number of hydrogen-bond donors (Lipinski definition) is 4. The van der Waals surface area contributed by atoms with Crippen LogP contribution in [-0.2, 0) is 48.0 Å². The van der Waals surface area contributed by atoms with Crippen molar-refractivity contribution in [2.75, 3.05) is 46.6 Å². The number of epoxide rings is 1. The molecule has 2 fully saturated rings. The fraction of sp³-hybridized carbons (Fsp3) is 0.484. The highest BCUT2D eigenvalue weighted by molar-refractivity contribution is 5.96. The van der Waals surface area contributed by atoms with Crippen LogP contribution in [-0.4, -0.2) is 99.2 Å². The molecule has 0 spiro atoms. The van der Waals surface area contributed by atoms with E-state index in [2.05, 4.69) is 16.0 Å². The maximum Gasteiger partial charge on any atom is 0.243 e. The second-order valence-corrected chi connectivity index (χ2v) is 10.8. The molecule has 0 aliphatic carbocycles. The van der Waals surface area contributed by atoms with E-state index >= 15 is 0 Å². The quantitative estimate of drug-likeness (QED) is 0.203. The number of methoxy groups -OCH3 is 1. The molecule has 0 saturated carbocycles. The number of nitrogens with two attached hydrogens (primary N) is 1. The lowest BCUT2D eigenvalue weighted by atomic mass is 9.98. The number of Topliss-reactive ketones (excluding diaryl/α,β-unsaturated/α-hetero) is 1. The number of amides is 3. The van der Waals surface area contributed by atoms with Crippen molar-refractivity contribution in [1.82, 2.24) is 20.9 Å². The number of carbonyl (C=O) groups excluding carboxylic acids is 4. The summed E-state index contributed by atoms with van der Waals surface area (Å²) in [5.74, 6) is -0.907. The van der Waals surface area contributed by atoms with E-state index in [1.165, 1.54) is 0 Å². The average Bonchev–Trinajstić information content (AvgIpc) is 3.87. The second-order valence-electron chi connectivity index (χ2n) is 10.8. The molecule has 0 bridgehead atoms. The second kappa shape index (κ2) is 15.6.